The Balaban J connectivity index is 1.20. The van der Waals surface area contributed by atoms with E-state index in [0.29, 0.717) is 57.6 Å². The third kappa shape index (κ3) is 6.17. The van der Waals surface area contributed by atoms with Crippen LogP contribution >= 0.6 is 11.6 Å². The fourth-order valence-corrected chi connectivity index (χ4v) is 8.14. The number of benzene rings is 2. The van der Waals surface area contributed by atoms with E-state index in [4.69, 9.17) is 31.0 Å². The van der Waals surface area contributed by atoms with Gasteiger partial charge in [0.05, 0.1) is 22.8 Å². The fraction of sp³-hybridized carbons (Fsp3) is 0.571. The molecule has 3 atom stereocenters. The minimum Gasteiger partial charge on any atom is -0.461 e. The van der Waals surface area contributed by atoms with Crippen LogP contribution < -0.4 is 14.5 Å². The second kappa shape index (κ2) is 12.2. The molecule has 9 nitrogen and oxygen atoms in total. The third-order valence-corrected chi connectivity index (χ3v) is 10.6. The predicted octanol–water partition coefficient (Wildman–Crippen LogP) is 6.39. The van der Waals surface area contributed by atoms with Gasteiger partial charge in [0.1, 0.15) is 30.0 Å². The standard InChI is InChI=1S/C35H43ClF2N6O3/c1-34(2,3)47-33(45)43-15-11-24(19-43)41(4)31-25-12-16-42(28-8-5-7-22-9-10-26(38)30(36)29(22)28)20-27(25)39-32(40-31)46-21-35-13-6-14-44(35)18-23(37)17-35/h5,7-10,23-24H,6,11-21H2,1-4H3/t23-,24-,35+/m1/s1. The van der Waals surface area contributed by atoms with Crippen LogP contribution in [0.3, 0.4) is 0 Å². The summed E-state index contributed by atoms with van der Waals surface area (Å²) in [7, 11) is 2.01. The zero-order valence-electron chi connectivity index (χ0n) is 27.6. The molecular formula is C35H43ClF2N6O3. The number of amides is 1. The topological polar surface area (TPSA) is 74.3 Å². The van der Waals surface area contributed by atoms with Gasteiger partial charge in [0.15, 0.2) is 0 Å². The minimum atomic E-state index is -0.855. The molecule has 12 heteroatoms. The molecule has 0 bridgehead atoms. The number of likely N-dealkylation sites (tertiary alicyclic amines) is 1. The number of likely N-dealkylation sites (N-methyl/N-ethyl adjacent to an activating group) is 1. The Bertz CT molecular complexity index is 1690. The average Bonchev–Trinajstić information content (AvgIpc) is 3.75. The lowest BCUT2D eigenvalue weighted by molar-refractivity contribution is 0.0292. The van der Waals surface area contributed by atoms with Crippen LogP contribution in [0.2, 0.25) is 5.02 Å². The number of hydrogen-bond donors (Lipinski definition) is 0. The molecule has 3 aromatic rings. The molecule has 1 aromatic heterocycles. The molecule has 4 aliphatic rings. The van der Waals surface area contributed by atoms with Crippen molar-refractivity contribution < 1.29 is 23.0 Å². The average molecular weight is 669 g/mol. The number of rotatable bonds is 6. The molecule has 0 aliphatic carbocycles. The van der Waals surface area contributed by atoms with E-state index in [0.717, 1.165) is 54.0 Å². The van der Waals surface area contributed by atoms with E-state index in [1.54, 1.807) is 11.0 Å². The van der Waals surface area contributed by atoms with Crippen LogP contribution in [0.1, 0.15) is 57.7 Å². The normalized spacial score (nSPS) is 24.5. The molecule has 47 heavy (non-hydrogen) atoms. The molecule has 5 heterocycles. The number of alkyl halides is 1. The fourth-order valence-electron chi connectivity index (χ4n) is 7.88. The van der Waals surface area contributed by atoms with Gasteiger partial charge in [-0.05, 0) is 70.5 Å². The summed E-state index contributed by atoms with van der Waals surface area (Å²) < 4.78 is 41.2. The third-order valence-electron chi connectivity index (χ3n) is 10.2. The van der Waals surface area contributed by atoms with Gasteiger partial charge in [0, 0.05) is 62.3 Å². The molecule has 1 amide bonds. The van der Waals surface area contributed by atoms with Gasteiger partial charge >= 0.3 is 12.1 Å². The molecule has 7 rings (SSSR count). The van der Waals surface area contributed by atoms with Gasteiger partial charge < -0.3 is 24.2 Å². The Morgan fingerprint density at radius 2 is 1.98 bits per heavy atom. The summed E-state index contributed by atoms with van der Waals surface area (Å²) in [5.41, 5.74) is 1.79. The number of halogens is 3. The van der Waals surface area contributed by atoms with E-state index < -0.39 is 17.6 Å². The Kier molecular flexibility index (Phi) is 8.35. The molecule has 3 saturated heterocycles. The van der Waals surface area contributed by atoms with E-state index in [1.165, 1.54) is 6.07 Å². The molecule has 0 radical (unpaired) electrons. The highest BCUT2D eigenvalue weighted by molar-refractivity contribution is 6.36. The van der Waals surface area contributed by atoms with Crippen LogP contribution in [0.4, 0.5) is 25.1 Å². The molecule has 0 saturated carbocycles. The van der Waals surface area contributed by atoms with Crippen LogP contribution in [0.25, 0.3) is 10.8 Å². The smallest absolute Gasteiger partial charge is 0.410 e. The summed E-state index contributed by atoms with van der Waals surface area (Å²) in [5.74, 6) is 0.323. The quantitative estimate of drug-likeness (QED) is 0.300. The first-order valence-electron chi connectivity index (χ1n) is 16.6. The number of carbonyl (C=O) groups excluding carboxylic acids is 1. The van der Waals surface area contributed by atoms with E-state index in [9.17, 15) is 13.6 Å². The summed E-state index contributed by atoms with van der Waals surface area (Å²) >= 11 is 6.52. The van der Waals surface area contributed by atoms with Gasteiger partial charge in [0.2, 0.25) is 0 Å². The van der Waals surface area contributed by atoms with Crippen LogP contribution in [0.5, 0.6) is 6.01 Å². The maximum absolute atomic E-state index is 14.6. The summed E-state index contributed by atoms with van der Waals surface area (Å²) in [6.45, 7) is 9.49. The molecular weight excluding hydrogens is 626 g/mol. The van der Waals surface area contributed by atoms with E-state index in [1.807, 2.05) is 46.0 Å². The Labute approximate surface area is 279 Å². The molecule has 0 spiro atoms. The van der Waals surface area contributed by atoms with Crippen molar-refractivity contribution in [3.8, 4) is 6.01 Å². The van der Waals surface area contributed by atoms with E-state index >= 15 is 0 Å². The van der Waals surface area contributed by atoms with Crippen molar-refractivity contribution in [2.45, 2.75) is 82.8 Å². The van der Waals surface area contributed by atoms with Crippen LogP contribution in [0, 0.1) is 5.82 Å². The summed E-state index contributed by atoms with van der Waals surface area (Å²) in [4.78, 5) is 31.1. The van der Waals surface area contributed by atoms with Crippen molar-refractivity contribution in [2.24, 2.45) is 0 Å². The molecule has 2 aromatic carbocycles. The summed E-state index contributed by atoms with van der Waals surface area (Å²) in [6, 6.07) is 9.29. The van der Waals surface area contributed by atoms with Crippen molar-refractivity contribution in [3.05, 3.63) is 52.4 Å². The highest BCUT2D eigenvalue weighted by Gasteiger charge is 2.49. The Morgan fingerprint density at radius 3 is 2.79 bits per heavy atom. The molecule has 0 unspecified atom stereocenters. The van der Waals surface area contributed by atoms with Gasteiger partial charge in [-0.15, -0.1) is 0 Å². The SMILES string of the molecule is CN(c1nc(OC[C@@]23CCCN2C[C@H](F)C3)nc2c1CCN(c1cccc3ccc(F)c(Cl)c13)C2)[C@@H]1CCN(C(=O)OC(C)(C)C)C1. The lowest BCUT2D eigenvalue weighted by Crippen LogP contribution is -2.44. The van der Waals surface area contributed by atoms with Crippen LogP contribution in [-0.2, 0) is 17.7 Å². The molecule has 252 valence electrons. The van der Waals surface area contributed by atoms with Crippen LogP contribution in [0.15, 0.2) is 30.3 Å². The number of anilines is 2. The van der Waals surface area contributed by atoms with Crippen molar-refractivity contribution >= 4 is 40.0 Å². The van der Waals surface area contributed by atoms with Gasteiger partial charge in [-0.1, -0.05) is 29.8 Å². The van der Waals surface area contributed by atoms with Crippen molar-refractivity contribution in [3.63, 3.8) is 0 Å². The maximum Gasteiger partial charge on any atom is 0.410 e. The summed E-state index contributed by atoms with van der Waals surface area (Å²) in [6.07, 6.45) is 2.63. The number of fused-ring (bicyclic) bond motifs is 3. The zero-order chi connectivity index (χ0) is 33.1. The molecule has 0 N–H and O–H groups in total. The first-order chi connectivity index (χ1) is 22.4. The molecule has 4 aliphatic heterocycles. The van der Waals surface area contributed by atoms with Gasteiger partial charge in [-0.25, -0.2) is 13.6 Å². The number of hydrogen-bond acceptors (Lipinski definition) is 8. The van der Waals surface area contributed by atoms with Crippen molar-refractivity contribution in [1.82, 2.24) is 19.8 Å². The van der Waals surface area contributed by atoms with E-state index in [-0.39, 0.29) is 28.7 Å². The van der Waals surface area contributed by atoms with Gasteiger partial charge in [0.25, 0.3) is 0 Å². The summed E-state index contributed by atoms with van der Waals surface area (Å²) in [5, 5.41) is 1.65. The highest BCUT2D eigenvalue weighted by Crippen LogP contribution is 2.41. The van der Waals surface area contributed by atoms with Crippen LogP contribution in [-0.4, -0.2) is 95.6 Å². The second-order valence-electron chi connectivity index (χ2n) is 14.5. The largest absolute Gasteiger partial charge is 0.461 e. The Morgan fingerprint density at radius 1 is 1.15 bits per heavy atom. The first-order valence-corrected chi connectivity index (χ1v) is 17.0. The predicted molar refractivity (Wildman–Crippen MR) is 179 cm³/mol. The first kappa shape index (κ1) is 32.1. The number of aromatic nitrogens is 2. The van der Waals surface area contributed by atoms with Crippen molar-refractivity contribution in [1.29, 1.82) is 0 Å². The number of carbonyl (C=O) groups is 1. The number of ether oxygens (including phenoxy) is 2. The van der Waals surface area contributed by atoms with Gasteiger partial charge in [-0.2, -0.15) is 9.97 Å². The Hall–Kier alpha value is -3.44. The lowest BCUT2D eigenvalue weighted by Gasteiger charge is -2.35. The highest BCUT2D eigenvalue weighted by atomic mass is 35.5. The molecule has 3 fully saturated rings. The van der Waals surface area contributed by atoms with E-state index in [2.05, 4.69) is 14.7 Å². The minimum absolute atomic E-state index is 0.0262. The van der Waals surface area contributed by atoms with Crippen molar-refractivity contribution in [2.75, 3.05) is 56.2 Å². The van der Waals surface area contributed by atoms with Gasteiger partial charge in [-0.3, -0.25) is 4.90 Å². The zero-order valence-corrected chi connectivity index (χ0v) is 28.3. The maximum atomic E-state index is 14.6. The number of nitrogens with zero attached hydrogens (tertiary/aromatic N) is 6. The lowest BCUT2D eigenvalue weighted by atomic mass is 9.95. The second-order valence-corrected chi connectivity index (χ2v) is 14.9. The monoisotopic (exact) mass is 668 g/mol.